The van der Waals surface area contributed by atoms with Crippen LogP contribution in [0.25, 0.3) is 0 Å². The molecule has 100 valence electrons. The van der Waals surface area contributed by atoms with Crippen LogP contribution in [0, 0.1) is 6.92 Å². The molecule has 0 radical (unpaired) electrons. The van der Waals surface area contributed by atoms with E-state index in [1.165, 1.54) is 0 Å². The normalized spacial score (nSPS) is 10.2. The van der Waals surface area contributed by atoms with Crippen LogP contribution in [-0.2, 0) is 11.2 Å². The lowest BCUT2D eigenvalue weighted by Gasteiger charge is -2.05. The Morgan fingerprint density at radius 3 is 2.95 bits per heavy atom. The van der Waals surface area contributed by atoms with Crippen molar-refractivity contribution in [3.63, 3.8) is 0 Å². The van der Waals surface area contributed by atoms with Crippen LogP contribution in [0.4, 0.5) is 11.5 Å². The Bertz CT molecular complexity index is 592. The number of aromatic amines is 1. The van der Waals surface area contributed by atoms with Gasteiger partial charge in [-0.25, -0.2) is 0 Å². The van der Waals surface area contributed by atoms with Crippen molar-refractivity contribution in [2.75, 3.05) is 18.2 Å². The van der Waals surface area contributed by atoms with Crippen molar-refractivity contribution in [2.45, 2.75) is 13.3 Å². The minimum absolute atomic E-state index is 0.175. The first-order valence-corrected chi connectivity index (χ1v) is 5.83. The highest BCUT2D eigenvalue weighted by atomic mass is 16.5. The summed E-state index contributed by atoms with van der Waals surface area (Å²) < 4.78 is 5.11. The van der Waals surface area contributed by atoms with Crippen LogP contribution in [0.1, 0.15) is 11.3 Å². The number of aromatic nitrogens is 2. The van der Waals surface area contributed by atoms with Gasteiger partial charge in [0.15, 0.2) is 5.82 Å². The summed E-state index contributed by atoms with van der Waals surface area (Å²) in [6.45, 7) is 1.79. The van der Waals surface area contributed by atoms with Gasteiger partial charge in [0, 0.05) is 0 Å². The van der Waals surface area contributed by atoms with Crippen molar-refractivity contribution in [2.24, 2.45) is 0 Å². The Labute approximate surface area is 111 Å². The number of carbonyl (C=O) groups is 1. The van der Waals surface area contributed by atoms with Crippen molar-refractivity contribution in [1.82, 2.24) is 10.2 Å². The summed E-state index contributed by atoms with van der Waals surface area (Å²) in [4.78, 5) is 11.9. The number of hydrogen-bond donors (Lipinski definition) is 3. The smallest absolute Gasteiger partial charge is 0.230 e. The Hall–Kier alpha value is -2.50. The summed E-state index contributed by atoms with van der Waals surface area (Å²) in [5, 5.41) is 9.31. The number of anilines is 2. The molecule has 6 heteroatoms. The lowest BCUT2D eigenvalue weighted by molar-refractivity contribution is -0.115. The zero-order chi connectivity index (χ0) is 13.8. The number of hydrogen-bond acceptors (Lipinski definition) is 4. The zero-order valence-electron chi connectivity index (χ0n) is 10.9. The quantitative estimate of drug-likeness (QED) is 0.776. The predicted molar refractivity (Wildman–Crippen MR) is 73.1 cm³/mol. The summed E-state index contributed by atoms with van der Waals surface area (Å²) in [7, 11) is 1.59. The van der Waals surface area contributed by atoms with Gasteiger partial charge >= 0.3 is 0 Å². The van der Waals surface area contributed by atoms with Gasteiger partial charge in [-0.1, -0.05) is 12.1 Å². The van der Waals surface area contributed by atoms with Gasteiger partial charge in [0.1, 0.15) is 5.75 Å². The van der Waals surface area contributed by atoms with Crippen molar-refractivity contribution in [3.8, 4) is 5.75 Å². The van der Waals surface area contributed by atoms with E-state index in [2.05, 4.69) is 15.5 Å². The van der Waals surface area contributed by atoms with Crippen LogP contribution < -0.4 is 15.8 Å². The first-order valence-electron chi connectivity index (χ1n) is 5.83. The van der Waals surface area contributed by atoms with E-state index in [0.29, 0.717) is 11.5 Å². The fraction of sp³-hybridized carbons (Fsp3) is 0.231. The maximum absolute atomic E-state index is 11.9. The molecule has 4 N–H and O–H groups in total. The molecule has 0 aliphatic heterocycles. The highest BCUT2D eigenvalue weighted by molar-refractivity contribution is 5.94. The minimum atomic E-state index is -0.175. The van der Waals surface area contributed by atoms with Gasteiger partial charge in [-0.3, -0.25) is 9.89 Å². The van der Waals surface area contributed by atoms with Crippen molar-refractivity contribution in [1.29, 1.82) is 0 Å². The molecule has 0 bridgehead atoms. The van der Waals surface area contributed by atoms with E-state index in [1.807, 2.05) is 24.3 Å². The monoisotopic (exact) mass is 260 g/mol. The Morgan fingerprint density at radius 1 is 1.53 bits per heavy atom. The molecule has 1 aromatic carbocycles. The van der Waals surface area contributed by atoms with Crippen LogP contribution >= 0.6 is 0 Å². The van der Waals surface area contributed by atoms with E-state index >= 15 is 0 Å². The van der Waals surface area contributed by atoms with Crippen LogP contribution in [0.15, 0.2) is 24.3 Å². The van der Waals surface area contributed by atoms with Crippen molar-refractivity contribution < 1.29 is 9.53 Å². The number of methoxy groups -OCH3 is 1. The van der Waals surface area contributed by atoms with E-state index in [4.69, 9.17) is 10.5 Å². The molecule has 0 aliphatic carbocycles. The van der Waals surface area contributed by atoms with Gasteiger partial charge in [0.25, 0.3) is 0 Å². The summed E-state index contributed by atoms with van der Waals surface area (Å²) in [6, 6.07) is 7.35. The summed E-state index contributed by atoms with van der Waals surface area (Å²) in [6.07, 6.45) is 0.239. The zero-order valence-corrected chi connectivity index (χ0v) is 10.9. The van der Waals surface area contributed by atoms with Gasteiger partial charge in [-0.15, -0.1) is 0 Å². The third-order valence-corrected chi connectivity index (χ3v) is 2.75. The second-order valence-electron chi connectivity index (χ2n) is 4.19. The Kier molecular flexibility index (Phi) is 3.70. The molecular formula is C13H16N4O2. The molecule has 0 unspecified atom stereocenters. The lowest BCUT2D eigenvalue weighted by Crippen LogP contribution is -2.15. The number of nitrogens with two attached hydrogens (primary N) is 1. The number of nitrogens with one attached hydrogen (secondary N) is 2. The molecule has 0 spiro atoms. The molecule has 1 heterocycles. The maximum atomic E-state index is 11.9. The minimum Gasteiger partial charge on any atom is -0.497 e. The molecule has 1 aromatic heterocycles. The largest absolute Gasteiger partial charge is 0.497 e. The summed E-state index contributed by atoms with van der Waals surface area (Å²) >= 11 is 0. The van der Waals surface area contributed by atoms with Gasteiger partial charge in [0.05, 0.1) is 24.9 Å². The molecule has 6 nitrogen and oxygen atoms in total. The average molecular weight is 260 g/mol. The fourth-order valence-electron chi connectivity index (χ4n) is 1.68. The number of aryl methyl sites for hydroxylation is 1. The van der Waals surface area contributed by atoms with Crippen LogP contribution in [-0.4, -0.2) is 23.2 Å². The van der Waals surface area contributed by atoms with Crippen LogP contribution in [0.2, 0.25) is 0 Å². The number of benzene rings is 1. The Balaban J connectivity index is 2.03. The number of rotatable bonds is 4. The number of nitrogen functional groups attached to an aromatic ring is 1. The molecule has 1 amide bonds. The molecule has 19 heavy (non-hydrogen) atoms. The topological polar surface area (TPSA) is 93.0 Å². The predicted octanol–water partition coefficient (Wildman–Crippen LogP) is 1.49. The first-order chi connectivity index (χ1) is 9.10. The van der Waals surface area contributed by atoms with E-state index in [0.717, 1.165) is 17.0 Å². The number of carbonyl (C=O) groups excluding carboxylic acids is 1. The Morgan fingerprint density at radius 2 is 2.32 bits per heavy atom. The standard InChI is InChI=1S/C13H16N4O2/c1-8-12(14)13(17-16-8)15-11(18)7-9-4-3-5-10(6-9)19-2/h3-6H,7,14H2,1-2H3,(H2,15,16,17,18). The van der Waals surface area contributed by atoms with E-state index in [9.17, 15) is 4.79 Å². The fourth-order valence-corrected chi connectivity index (χ4v) is 1.68. The second kappa shape index (κ2) is 5.43. The molecule has 2 aromatic rings. The highest BCUT2D eigenvalue weighted by Crippen LogP contribution is 2.18. The molecular weight excluding hydrogens is 244 g/mol. The summed E-state index contributed by atoms with van der Waals surface area (Å²) in [5.74, 6) is 0.914. The number of amides is 1. The number of nitrogens with zero attached hydrogens (tertiary/aromatic N) is 1. The highest BCUT2D eigenvalue weighted by Gasteiger charge is 2.11. The third-order valence-electron chi connectivity index (χ3n) is 2.75. The number of H-pyrrole nitrogens is 1. The summed E-state index contributed by atoms with van der Waals surface area (Å²) in [5.41, 5.74) is 7.82. The molecule has 0 saturated heterocycles. The van der Waals surface area contributed by atoms with E-state index in [1.54, 1.807) is 14.0 Å². The molecule has 0 saturated carbocycles. The van der Waals surface area contributed by atoms with Gasteiger partial charge < -0.3 is 15.8 Å². The maximum Gasteiger partial charge on any atom is 0.230 e. The van der Waals surface area contributed by atoms with Crippen LogP contribution in [0.5, 0.6) is 5.75 Å². The second-order valence-corrected chi connectivity index (χ2v) is 4.19. The van der Waals surface area contributed by atoms with Gasteiger partial charge in [-0.05, 0) is 24.6 Å². The average Bonchev–Trinajstić information content (AvgIpc) is 2.71. The number of ether oxygens (including phenoxy) is 1. The van der Waals surface area contributed by atoms with E-state index < -0.39 is 0 Å². The molecule has 2 rings (SSSR count). The van der Waals surface area contributed by atoms with Crippen molar-refractivity contribution >= 4 is 17.4 Å². The van der Waals surface area contributed by atoms with Crippen molar-refractivity contribution in [3.05, 3.63) is 35.5 Å². The lowest BCUT2D eigenvalue weighted by atomic mass is 10.1. The third kappa shape index (κ3) is 3.04. The first kappa shape index (κ1) is 12.9. The van der Waals surface area contributed by atoms with Gasteiger partial charge in [-0.2, -0.15) is 5.10 Å². The van der Waals surface area contributed by atoms with Gasteiger partial charge in [0.2, 0.25) is 5.91 Å². The van der Waals surface area contributed by atoms with Crippen LogP contribution in [0.3, 0.4) is 0 Å². The molecule has 0 atom stereocenters. The molecule has 0 fully saturated rings. The SMILES string of the molecule is COc1cccc(CC(=O)Nc2n[nH]c(C)c2N)c1. The molecule has 0 aliphatic rings. The van der Waals surface area contributed by atoms with E-state index in [-0.39, 0.29) is 12.3 Å².